The number of hydrogen-bond donors (Lipinski definition) is 1. The van der Waals surface area contributed by atoms with Gasteiger partial charge in [-0.2, -0.15) is 0 Å². The molecule has 2 atom stereocenters. The van der Waals surface area contributed by atoms with E-state index in [0.29, 0.717) is 0 Å². The van der Waals surface area contributed by atoms with Crippen molar-refractivity contribution in [1.29, 1.82) is 0 Å². The van der Waals surface area contributed by atoms with Crippen LogP contribution in [0.5, 0.6) is 0 Å². The van der Waals surface area contributed by atoms with Gasteiger partial charge in [-0.05, 0) is 17.8 Å². The first kappa shape index (κ1) is 14.6. The largest absolute Gasteiger partial charge is 0.385 e. The van der Waals surface area contributed by atoms with E-state index in [-0.39, 0.29) is 17.1 Å². The van der Waals surface area contributed by atoms with Gasteiger partial charge in [-0.25, -0.2) is 0 Å². The third-order valence-corrected chi connectivity index (χ3v) is 2.48. The number of carbonyl (C=O) groups is 1. The maximum Gasteiger partial charge on any atom is 0.166 e. The third kappa shape index (κ3) is 5.31. The average molecular weight is 214 g/mol. The molecule has 0 unspecified atom stereocenters. The van der Waals surface area contributed by atoms with Crippen LogP contribution in [0.3, 0.4) is 0 Å². The number of aliphatic hydroxyl groups is 1. The van der Waals surface area contributed by atoms with Crippen molar-refractivity contribution in [2.75, 3.05) is 0 Å². The zero-order valence-electron chi connectivity index (χ0n) is 11.2. The lowest BCUT2D eigenvalue weighted by atomic mass is 9.78. The summed E-state index contributed by atoms with van der Waals surface area (Å²) in [6.07, 6.45) is 0.0277. The quantitative estimate of drug-likeness (QED) is 0.784. The number of carbonyl (C=O) groups excluding carboxylic acids is 1. The van der Waals surface area contributed by atoms with Gasteiger partial charge in [0.1, 0.15) is 6.10 Å². The zero-order valence-corrected chi connectivity index (χ0v) is 11.2. The fourth-order valence-electron chi connectivity index (χ4n) is 1.78. The maximum absolute atomic E-state index is 11.8. The molecule has 0 aliphatic carbocycles. The molecule has 2 heteroatoms. The summed E-state index contributed by atoms with van der Waals surface area (Å²) in [6, 6.07) is 0. The molecule has 0 aliphatic rings. The van der Waals surface area contributed by atoms with Crippen LogP contribution < -0.4 is 0 Å². The molecule has 2 nitrogen and oxygen atoms in total. The van der Waals surface area contributed by atoms with Crippen LogP contribution in [0.2, 0.25) is 0 Å². The Bertz CT molecular complexity index is 218. The molecular weight excluding hydrogens is 188 g/mol. The second-order valence-corrected chi connectivity index (χ2v) is 6.80. The Hall–Kier alpha value is -0.370. The second-order valence-electron chi connectivity index (χ2n) is 6.80. The lowest BCUT2D eigenvalue weighted by Gasteiger charge is -2.29. The summed E-state index contributed by atoms with van der Waals surface area (Å²) in [5, 5.41) is 9.94. The van der Waals surface area contributed by atoms with E-state index < -0.39 is 11.5 Å². The minimum atomic E-state index is -0.829. The van der Waals surface area contributed by atoms with Gasteiger partial charge in [0.2, 0.25) is 0 Å². The average Bonchev–Trinajstić information content (AvgIpc) is 1.96. The van der Waals surface area contributed by atoms with Crippen LogP contribution in [-0.4, -0.2) is 17.0 Å². The first-order chi connectivity index (χ1) is 6.45. The van der Waals surface area contributed by atoms with E-state index in [2.05, 4.69) is 20.8 Å². The molecule has 0 bridgehead atoms. The van der Waals surface area contributed by atoms with Gasteiger partial charge in [0, 0.05) is 5.41 Å². The van der Waals surface area contributed by atoms with Gasteiger partial charge in [0.25, 0.3) is 0 Å². The van der Waals surface area contributed by atoms with Gasteiger partial charge >= 0.3 is 0 Å². The summed E-state index contributed by atoms with van der Waals surface area (Å²) in [4.78, 5) is 11.8. The van der Waals surface area contributed by atoms with Crippen molar-refractivity contribution in [3.8, 4) is 0 Å². The highest BCUT2D eigenvalue weighted by atomic mass is 16.3. The Morgan fingerprint density at radius 3 is 1.80 bits per heavy atom. The van der Waals surface area contributed by atoms with E-state index in [9.17, 15) is 9.90 Å². The SMILES string of the molecule is C[C@@H](CC(C)(C)C)[C@H](O)C(=O)C(C)(C)C. The molecule has 0 saturated heterocycles. The number of ketones is 1. The fraction of sp³-hybridized carbons (Fsp3) is 0.923. The van der Waals surface area contributed by atoms with Crippen molar-refractivity contribution in [3.63, 3.8) is 0 Å². The first-order valence-corrected chi connectivity index (χ1v) is 5.67. The highest BCUT2D eigenvalue weighted by Crippen LogP contribution is 2.29. The van der Waals surface area contributed by atoms with Gasteiger partial charge < -0.3 is 5.11 Å². The Kier molecular flexibility index (Phi) is 4.53. The highest BCUT2D eigenvalue weighted by molar-refractivity contribution is 5.87. The molecule has 0 aromatic heterocycles. The molecule has 0 spiro atoms. The van der Waals surface area contributed by atoms with Gasteiger partial charge in [0.15, 0.2) is 5.78 Å². The Balaban J connectivity index is 4.46. The maximum atomic E-state index is 11.8. The topological polar surface area (TPSA) is 37.3 Å². The molecule has 90 valence electrons. The van der Waals surface area contributed by atoms with E-state index in [4.69, 9.17) is 0 Å². The Morgan fingerprint density at radius 1 is 1.13 bits per heavy atom. The first-order valence-electron chi connectivity index (χ1n) is 5.67. The molecular formula is C13H26O2. The summed E-state index contributed by atoms with van der Waals surface area (Å²) < 4.78 is 0. The van der Waals surface area contributed by atoms with Crippen LogP contribution in [0.4, 0.5) is 0 Å². The fourth-order valence-corrected chi connectivity index (χ4v) is 1.78. The molecule has 0 heterocycles. The second kappa shape index (κ2) is 4.65. The minimum Gasteiger partial charge on any atom is -0.385 e. The number of aliphatic hydroxyl groups excluding tert-OH is 1. The summed E-state index contributed by atoms with van der Waals surface area (Å²) in [5.74, 6) is -0.0315. The van der Waals surface area contributed by atoms with Gasteiger partial charge in [-0.3, -0.25) is 4.79 Å². The third-order valence-electron chi connectivity index (χ3n) is 2.48. The molecule has 0 aromatic rings. The predicted molar refractivity (Wildman–Crippen MR) is 63.7 cm³/mol. The molecule has 0 aromatic carbocycles. The highest BCUT2D eigenvalue weighted by Gasteiger charge is 2.33. The van der Waals surface area contributed by atoms with Crippen LogP contribution >= 0.6 is 0 Å². The molecule has 0 radical (unpaired) electrons. The Labute approximate surface area is 94.1 Å². The van der Waals surface area contributed by atoms with Crippen molar-refractivity contribution >= 4 is 5.78 Å². The van der Waals surface area contributed by atoms with E-state index in [0.717, 1.165) is 6.42 Å². The van der Waals surface area contributed by atoms with Gasteiger partial charge in [0.05, 0.1) is 0 Å². The number of Topliss-reactive ketones (excluding diaryl/α,β-unsaturated/α-hetero) is 1. The van der Waals surface area contributed by atoms with Crippen molar-refractivity contribution in [3.05, 3.63) is 0 Å². The molecule has 0 amide bonds. The zero-order chi connectivity index (χ0) is 12.4. The number of rotatable bonds is 3. The van der Waals surface area contributed by atoms with Crippen molar-refractivity contribution in [2.24, 2.45) is 16.7 Å². The molecule has 0 aliphatic heterocycles. The monoisotopic (exact) mass is 214 g/mol. The van der Waals surface area contributed by atoms with Crippen LogP contribution in [0, 0.1) is 16.7 Å². The van der Waals surface area contributed by atoms with Crippen LogP contribution in [0.15, 0.2) is 0 Å². The molecule has 0 saturated carbocycles. The van der Waals surface area contributed by atoms with E-state index in [1.807, 2.05) is 27.7 Å². The van der Waals surface area contributed by atoms with Gasteiger partial charge in [-0.15, -0.1) is 0 Å². The van der Waals surface area contributed by atoms with E-state index >= 15 is 0 Å². The minimum absolute atomic E-state index is 0.0247. The molecule has 0 fully saturated rings. The van der Waals surface area contributed by atoms with Crippen molar-refractivity contribution in [1.82, 2.24) is 0 Å². The summed E-state index contributed by atoms with van der Waals surface area (Å²) >= 11 is 0. The van der Waals surface area contributed by atoms with Crippen molar-refractivity contribution < 1.29 is 9.90 Å². The van der Waals surface area contributed by atoms with Crippen LogP contribution in [-0.2, 0) is 4.79 Å². The van der Waals surface area contributed by atoms with Gasteiger partial charge in [-0.1, -0.05) is 48.5 Å². The summed E-state index contributed by atoms with van der Waals surface area (Å²) in [7, 11) is 0. The van der Waals surface area contributed by atoms with Crippen molar-refractivity contribution in [2.45, 2.75) is 61.0 Å². The van der Waals surface area contributed by atoms with Crippen LogP contribution in [0.25, 0.3) is 0 Å². The standard InChI is InChI=1S/C13H26O2/c1-9(8-12(2,3)4)10(14)11(15)13(5,6)7/h9-10,14H,8H2,1-7H3/t9-,10-/m0/s1. The van der Waals surface area contributed by atoms with E-state index in [1.165, 1.54) is 0 Å². The smallest absolute Gasteiger partial charge is 0.166 e. The molecule has 15 heavy (non-hydrogen) atoms. The molecule has 0 rings (SSSR count). The lowest BCUT2D eigenvalue weighted by Crippen LogP contribution is -2.38. The summed E-state index contributed by atoms with van der Waals surface area (Å²) in [5.41, 5.74) is -0.301. The normalized spacial score (nSPS) is 17.3. The van der Waals surface area contributed by atoms with Crippen LogP contribution in [0.1, 0.15) is 54.9 Å². The Morgan fingerprint density at radius 2 is 1.53 bits per heavy atom. The molecule has 1 N–H and O–H groups in total. The number of hydrogen-bond acceptors (Lipinski definition) is 2. The van der Waals surface area contributed by atoms with E-state index in [1.54, 1.807) is 0 Å². The predicted octanol–water partition coefficient (Wildman–Crippen LogP) is 3.03. The lowest BCUT2D eigenvalue weighted by molar-refractivity contribution is -0.137. The summed E-state index contributed by atoms with van der Waals surface area (Å²) in [6.45, 7) is 13.9.